The zero-order valence-electron chi connectivity index (χ0n) is 5.43. The molecule has 0 N–H and O–H groups in total. The molecule has 1 heteroatoms. The molecule has 0 bridgehead atoms. The van der Waals surface area contributed by atoms with Gasteiger partial charge in [-0.3, -0.25) is 0 Å². The third-order valence-electron chi connectivity index (χ3n) is 1.34. The Hall–Kier alpha value is 0.0900. The largest absolute Gasteiger partial charge is 0.179 e. The van der Waals surface area contributed by atoms with Crippen LogP contribution >= 0.6 is 12.6 Å². The van der Waals surface area contributed by atoms with Gasteiger partial charge in [0, 0.05) is 0 Å². The van der Waals surface area contributed by atoms with Crippen molar-refractivity contribution in [3.05, 3.63) is 12.7 Å². The number of thiol groups is 1. The Morgan fingerprint density at radius 3 is 2.50 bits per heavy atom. The van der Waals surface area contributed by atoms with Crippen LogP contribution in [-0.2, 0) is 0 Å². The molecule has 0 aliphatic heterocycles. The molecule has 1 atom stereocenters. The Labute approximate surface area is 57.4 Å². The van der Waals surface area contributed by atoms with Gasteiger partial charge in [0.2, 0.25) is 0 Å². The number of hydrogen-bond donors (Lipinski definition) is 1. The van der Waals surface area contributed by atoms with Gasteiger partial charge in [-0.05, 0) is 18.1 Å². The summed E-state index contributed by atoms with van der Waals surface area (Å²) >= 11 is 4.18. The zero-order valence-corrected chi connectivity index (χ0v) is 6.32. The summed E-state index contributed by atoms with van der Waals surface area (Å²) in [5.41, 5.74) is 0. The first-order valence-corrected chi connectivity index (χ1v) is 3.70. The molecular weight excluding hydrogens is 116 g/mol. The molecule has 1 unspecified atom stereocenters. The van der Waals surface area contributed by atoms with Crippen molar-refractivity contribution in [2.24, 2.45) is 5.92 Å². The van der Waals surface area contributed by atoms with Gasteiger partial charge in [0.05, 0.1) is 0 Å². The molecule has 8 heavy (non-hydrogen) atoms. The first-order valence-electron chi connectivity index (χ1n) is 3.06. The Morgan fingerprint density at radius 1 is 1.75 bits per heavy atom. The summed E-state index contributed by atoms with van der Waals surface area (Å²) in [7, 11) is 0. The van der Waals surface area contributed by atoms with Crippen molar-refractivity contribution in [3.63, 3.8) is 0 Å². The average molecular weight is 130 g/mol. The summed E-state index contributed by atoms with van der Waals surface area (Å²) in [6.07, 6.45) is 4.29. The molecular formula is C7H14S. The van der Waals surface area contributed by atoms with Gasteiger partial charge >= 0.3 is 0 Å². The van der Waals surface area contributed by atoms with Crippen LogP contribution in [0.5, 0.6) is 0 Å². The van der Waals surface area contributed by atoms with E-state index in [1.165, 1.54) is 6.42 Å². The first-order chi connectivity index (χ1) is 3.85. The van der Waals surface area contributed by atoms with Gasteiger partial charge in [-0.15, -0.1) is 6.58 Å². The molecule has 0 nitrogen and oxygen atoms in total. The van der Waals surface area contributed by atoms with E-state index in [4.69, 9.17) is 0 Å². The van der Waals surface area contributed by atoms with Crippen LogP contribution in [0, 0.1) is 5.92 Å². The summed E-state index contributed by atoms with van der Waals surface area (Å²) in [4.78, 5) is 0. The number of allylic oxidation sites excluding steroid dienone is 1. The van der Waals surface area contributed by atoms with E-state index >= 15 is 0 Å². The SMILES string of the molecule is C=CCC(CC)CS. The van der Waals surface area contributed by atoms with Crippen molar-refractivity contribution < 1.29 is 0 Å². The minimum atomic E-state index is 0.746. The summed E-state index contributed by atoms with van der Waals surface area (Å²) in [5, 5.41) is 0. The maximum absolute atomic E-state index is 4.18. The van der Waals surface area contributed by atoms with Crippen molar-refractivity contribution in [1.29, 1.82) is 0 Å². The second-order valence-corrected chi connectivity index (χ2v) is 2.35. The van der Waals surface area contributed by atoms with E-state index in [0.29, 0.717) is 0 Å². The highest BCUT2D eigenvalue weighted by Crippen LogP contribution is 2.09. The normalized spacial score (nSPS) is 13.2. The fraction of sp³-hybridized carbons (Fsp3) is 0.714. The van der Waals surface area contributed by atoms with Gasteiger partial charge in [-0.2, -0.15) is 12.6 Å². The van der Waals surface area contributed by atoms with E-state index < -0.39 is 0 Å². The third-order valence-corrected chi connectivity index (χ3v) is 1.85. The van der Waals surface area contributed by atoms with Crippen LogP contribution in [0.25, 0.3) is 0 Å². The molecule has 48 valence electrons. The van der Waals surface area contributed by atoms with Crippen molar-refractivity contribution >= 4 is 12.6 Å². The molecule has 0 rings (SSSR count). The van der Waals surface area contributed by atoms with Crippen LogP contribution in [0.1, 0.15) is 19.8 Å². The molecule has 0 saturated heterocycles. The van der Waals surface area contributed by atoms with E-state index in [2.05, 4.69) is 26.1 Å². The minimum Gasteiger partial charge on any atom is -0.179 e. The highest BCUT2D eigenvalue weighted by Gasteiger charge is 1.97. The van der Waals surface area contributed by atoms with Crippen molar-refractivity contribution in [1.82, 2.24) is 0 Å². The van der Waals surface area contributed by atoms with Gasteiger partial charge in [-0.25, -0.2) is 0 Å². The lowest BCUT2D eigenvalue weighted by molar-refractivity contribution is 0.584. The lowest BCUT2D eigenvalue weighted by Crippen LogP contribution is -1.97. The van der Waals surface area contributed by atoms with Crippen LogP contribution in [0.3, 0.4) is 0 Å². The van der Waals surface area contributed by atoms with Crippen LogP contribution in [0.2, 0.25) is 0 Å². The summed E-state index contributed by atoms with van der Waals surface area (Å²) < 4.78 is 0. The molecule has 0 amide bonds. The van der Waals surface area contributed by atoms with Gasteiger partial charge < -0.3 is 0 Å². The molecule has 0 radical (unpaired) electrons. The van der Waals surface area contributed by atoms with Crippen LogP contribution < -0.4 is 0 Å². The maximum atomic E-state index is 4.18. The summed E-state index contributed by atoms with van der Waals surface area (Å²) in [6.45, 7) is 5.85. The summed E-state index contributed by atoms with van der Waals surface area (Å²) in [6, 6.07) is 0. The molecule has 0 aromatic heterocycles. The lowest BCUT2D eigenvalue weighted by atomic mass is 10.1. The second-order valence-electron chi connectivity index (χ2n) is 1.98. The first kappa shape index (κ1) is 8.09. The van der Waals surface area contributed by atoms with Crippen LogP contribution in [0.4, 0.5) is 0 Å². The molecule has 0 heterocycles. The molecule has 0 aromatic carbocycles. The zero-order chi connectivity index (χ0) is 6.41. The second kappa shape index (κ2) is 5.23. The molecule has 0 fully saturated rings. The van der Waals surface area contributed by atoms with E-state index in [1.807, 2.05) is 6.08 Å². The molecule has 0 aliphatic rings. The van der Waals surface area contributed by atoms with E-state index in [1.54, 1.807) is 0 Å². The molecule has 0 saturated carbocycles. The fourth-order valence-electron chi connectivity index (χ4n) is 0.606. The van der Waals surface area contributed by atoms with Gasteiger partial charge in [-0.1, -0.05) is 19.4 Å². The highest BCUT2D eigenvalue weighted by molar-refractivity contribution is 7.80. The quantitative estimate of drug-likeness (QED) is 0.439. The Bertz CT molecular complexity index is 55.4. The summed E-state index contributed by atoms with van der Waals surface area (Å²) in [5.74, 6) is 1.73. The number of hydrogen-bond acceptors (Lipinski definition) is 1. The van der Waals surface area contributed by atoms with E-state index in [-0.39, 0.29) is 0 Å². The Morgan fingerprint density at radius 2 is 2.38 bits per heavy atom. The fourth-order valence-corrected chi connectivity index (χ4v) is 1.01. The molecule has 0 aromatic rings. The average Bonchev–Trinajstić information content (AvgIpc) is 1.83. The van der Waals surface area contributed by atoms with Crippen molar-refractivity contribution in [3.8, 4) is 0 Å². The Kier molecular flexibility index (Phi) is 5.29. The molecule has 0 aliphatic carbocycles. The number of rotatable bonds is 4. The monoisotopic (exact) mass is 130 g/mol. The van der Waals surface area contributed by atoms with Crippen LogP contribution in [0.15, 0.2) is 12.7 Å². The maximum Gasteiger partial charge on any atom is -0.00666 e. The van der Waals surface area contributed by atoms with Gasteiger partial charge in [0.15, 0.2) is 0 Å². The predicted octanol–water partition coefficient (Wildman–Crippen LogP) is 2.52. The standard InChI is InChI=1S/C7H14S/c1-3-5-7(4-2)6-8/h3,7-8H,1,4-6H2,2H3. The van der Waals surface area contributed by atoms with Crippen molar-refractivity contribution in [2.45, 2.75) is 19.8 Å². The van der Waals surface area contributed by atoms with E-state index in [0.717, 1.165) is 18.1 Å². The topological polar surface area (TPSA) is 0 Å². The molecule has 0 spiro atoms. The van der Waals surface area contributed by atoms with Crippen molar-refractivity contribution in [2.75, 3.05) is 5.75 Å². The highest BCUT2D eigenvalue weighted by atomic mass is 32.1. The minimum absolute atomic E-state index is 0.746. The smallest absolute Gasteiger partial charge is 0.00666 e. The van der Waals surface area contributed by atoms with Gasteiger partial charge in [0.25, 0.3) is 0 Å². The van der Waals surface area contributed by atoms with Crippen LogP contribution in [-0.4, -0.2) is 5.75 Å². The predicted molar refractivity (Wildman–Crippen MR) is 42.4 cm³/mol. The third kappa shape index (κ3) is 3.14. The van der Waals surface area contributed by atoms with E-state index in [9.17, 15) is 0 Å². The van der Waals surface area contributed by atoms with Gasteiger partial charge in [0.1, 0.15) is 0 Å². The lowest BCUT2D eigenvalue weighted by Gasteiger charge is -2.05. The Balaban J connectivity index is 3.20.